The molecule has 1 unspecified atom stereocenters. The molecule has 0 saturated carbocycles. The van der Waals surface area contributed by atoms with Crippen LogP contribution in [0.15, 0.2) is 53.4 Å². The van der Waals surface area contributed by atoms with Gasteiger partial charge in [-0.05, 0) is 50.6 Å². The Kier molecular flexibility index (Phi) is 7.52. The molecule has 2 aromatic rings. The van der Waals surface area contributed by atoms with Gasteiger partial charge in [0.05, 0.1) is 5.02 Å². The molecule has 0 bridgehead atoms. The third-order valence-electron chi connectivity index (χ3n) is 5.36. The molecule has 1 N–H and O–H groups in total. The lowest BCUT2D eigenvalue weighted by Gasteiger charge is -2.31. The molecule has 6 nitrogen and oxygen atoms in total. The molecule has 3 rings (SSSR count). The molecule has 1 aliphatic heterocycles. The zero-order chi connectivity index (χ0) is 21.7. The fourth-order valence-corrected chi connectivity index (χ4v) is 5.34. The number of sulfonamides is 1. The molecule has 0 aromatic heterocycles. The highest BCUT2D eigenvalue weighted by Gasteiger charge is 2.30. The number of nitrogens with one attached hydrogen (secondary N) is 1. The molecule has 1 heterocycles. The lowest BCUT2D eigenvalue weighted by molar-refractivity contribution is 0.0938. The van der Waals surface area contributed by atoms with Gasteiger partial charge in [-0.3, -0.25) is 4.79 Å². The predicted molar refractivity (Wildman–Crippen MR) is 119 cm³/mol. The number of nitrogens with zero attached hydrogens (tertiary/aromatic N) is 2. The number of amides is 1. The second kappa shape index (κ2) is 9.92. The molecule has 0 spiro atoms. The quantitative estimate of drug-likeness (QED) is 0.705. The molecule has 1 aliphatic rings. The fraction of sp³-hybridized carbons (Fsp3) is 0.409. The normalized spacial score (nSPS) is 16.9. The number of hydrogen-bond acceptors (Lipinski definition) is 4. The van der Waals surface area contributed by atoms with Crippen molar-refractivity contribution in [2.24, 2.45) is 0 Å². The summed E-state index contributed by atoms with van der Waals surface area (Å²) in [4.78, 5) is 14.8. The van der Waals surface area contributed by atoms with Gasteiger partial charge in [0.25, 0.3) is 5.91 Å². The molecule has 2 aromatic carbocycles. The van der Waals surface area contributed by atoms with E-state index < -0.39 is 10.0 Å². The van der Waals surface area contributed by atoms with E-state index in [2.05, 4.69) is 22.3 Å². The van der Waals surface area contributed by atoms with Gasteiger partial charge >= 0.3 is 0 Å². The van der Waals surface area contributed by atoms with Gasteiger partial charge in [-0.2, -0.15) is 4.31 Å². The largest absolute Gasteiger partial charge is 0.350 e. The Labute approximate surface area is 183 Å². The number of carbonyl (C=O) groups is 1. The van der Waals surface area contributed by atoms with E-state index in [0.29, 0.717) is 31.7 Å². The molecule has 1 atom stereocenters. The van der Waals surface area contributed by atoms with Crippen LogP contribution in [0.1, 0.15) is 29.3 Å². The van der Waals surface area contributed by atoms with Crippen molar-refractivity contribution in [3.8, 4) is 0 Å². The molecule has 162 valence electrons. The molecule has 1 fully saturated rings. The average Bonchev–Trinajstić information content (AvgIpc) is 2.73. The fourth-order valence-electron chi connectivity index (χ4n) is 3.42. The molecule has 1 amide bonds. The second-order valence-corrected chi connectivity index (χ2v) is 10.1. The average molecular weight is 450 g/mol. The molecule has 0 radical (unpaired) electrons. The SMILES string of the molecule is CC(CCc1ccccc1)NC(=O)c1ccc(Cl)c(S(=O)(=O)N2CCN(C)CC2)c1. The lowest BCUT2D eigenvalue weighted by Crippen LogP contribution is -2.47. The zero-order valence-corrected chi connectivity index (χ0v) is 18.9. The summed E-state index contributed by atoms with van der Waals surface area (Å²) in [5, 5.41) is 3.08. The summed E-state index contributed by atoms with van der Waals surface area (Å²) in [6.07, 6.45) is 1.64. The minimum absolute atomic E-state index is 0.0155. The summed E-state index contributed by atoms with van der Waals surface area (Å²) in [6.45, 7) is 4.08. The summed E-state index contributed by atoms with van der Waals surface area (Å²) < 4.78 is 27.6. The summed E-state index contributed by atoms with van der Waals surface area (Å²) in [5.41, 5.74) is 1.50. The molecule has 30 heavy (non-hydrogen) atoms. The summed E-state index contributed by atoms with van der Waals surface area (Å²) >= 11 is 6.21. The molecule has 8 heteroatoms. The highest BCUT2D eigenvalue weighted by atomic mass is 35.5. The van der Waals surface area contributed by atoms with E-state index in [1.807, 2.05) is 32.2 Å². The van der Waals surface area contributed by atoms with Crippen molar-refractivity contribution in [2.75, 3.05) is 33.2 Å². The van der Waals surface area contributed by atoms with Crippen LogP contribution < -0.4 is 5.32 Å². The summed E-state index contributed by atoms with van der Waals surface area (Å²) in [7, 11) is -1.79. The van der Waals surface area contributed by atoms with E-state index >= 15 is 0 Å². The zero-order valence-electron chi connectivity index (χ0n) is 17.3. The number of benzene rings is 2. The molecular formula is C22H28ClN3O3S. The number of hydrogen-bond donors (Lipinski definition) is 1. The number of aryl methyl sites for hydroxylation is 1. The van der Waals surface area contributed by atoms with Crippen LogP contribution in [0.4, 0.5) is 0 Å². The second-order valence-electron chi connectivity index (χ2n) is 7.75. The Bertz CT molecular complexity index is 974. The van der Waals surface area contributed by atoms with Crippen LogP contribution in [0.5, 0.6) is 0 Å². The van der Waals surface area contributed by atoms with Gasteiger partial charge in [-0.25, -0.2) is 8.42 Å². The highest BCUT2D eigenvalue weighted by molar-refractivity contribution is 7.89. The first-order valence-corrected chi connectivity index (χ1v) is 11.9. The van der Waals surface area contributed by atoms with Gasteiger partial charge in [-0.1, -0.05) is 41.9 Å². The van der Waals surface area contributed by atoms with Crippen molar-refractivity contribution in [3.05, 3.63) is 64.7 Å². The Morgan fingerprint density at radius 1 is 1.10 bits per heavy atom. The van der Waals surface area contributed by atoms with Crippen molar-refractivity contribution >= 4 is 27.5 Å². The van der Waals surface area contributed by atoms with Crippen molar-refractivity contribution in [1.29, 1.82) is 0 Å². The minimum atomic E-state index is -3.75. The van der Waals surface area contributed by atoms with Crippen molar-refractivity contribution in [2.45, 2.75) is 30.7 Å². The Morgan fingerprint density at radius 3 is 2.43 bits per heavy atom. The maximum atomic E-state index is 13.1. The Balaban J connectivity index is 1.68. The smallest absolute Gasteiger partial charge is 0.251 e. The van der Waals surface area contributed by atoms with Crippen LogP contribution in [0.3, 0.4) is 0 Å². The molecule has 0 aliphatic carbocycles. The van der Waals surface area contributed by atoms with Crippen LogP contribution in [0, 0.1) is 0 Å². The van der Waals surface area contributed by atoms with Crippen LogP contribution in [-0.4, -0.2) is 62.8 Å². The third-order valence-corrected chi connectivity index (χ3v) is 7.74. The van der Waals surface area contributed by atoms with Gasteiger partial charge in [0.2, 0.25) is 10.0 Å². The van der Waals surface area contributed by atoms with Crippen molar-refractivity contribution in [1.82, 2.24) is 14.5 Å². The van der Waals surface area contributed by atoms with Gasteiger partial charge in [0, 0.05) is 37.8 Å². The van der Waals surface area contributed by atoms with E-state index in [-0.39, 0.29) is 21.9 Å². The maximum Gasteiger partial charge on any atom is 0.251 e. The standard InChI is InChI=1S/C22H28ClN3O3S/c1-17(8-9-18-6-4-3-5-7-18)24-22(27)19-10-11-20(23)21(16-19)30(28,29)26-14-12-25(2)13-15-26/h3-7,10-11,16-17H,8-9,12-15H2,1-2H3,(H,24,27). The number of likely N-dealkylation sites (N-methyl/N-ethyl adjacent to an activating group) is 1. The molecular weight excluding hydrogens is 422 g/mol. The van der Waals surface area contributed by atoms with Crippen LogP contribution in [0.25, 0.3) is 0 Å². The van der Waals surface area contributed by atoms with Crippen LogP contribution >= 0.6 is 11.6 Å². The number of carbonyl (C=O) groups excluding carboxylic acids is 1. The summed E-state index contributed by atoms with van der Waals surface area (Å²) in [6, 6.07) is 14.5. The first kappa shape index (κ1) is 22.7. The number of rotatable bonds is 7. The lowest BCUT2D eigenvalue weighted by atomic mass is 10.1. The van der Waals surface area contributed by atoms with E-state index in [4.69, 9.17) is 11.6 Å². The first-order chi connectivity index (χ1) is 14.3. The number of piperazine rings is 1. The van der Waals surface area contributed by atoms with Gasteiger partial charge in [0.15, 0.2) is 0 Å². The van der Waals surface area contributed by atoms with Gasteiger partial charge in [0.1, 0.15) is 4.90 Å². The van der Waals surface area contributed by atoms with Crippen molar-refractivity contribution < 1.29 is 13.2 Å². The third kappa shape index (κ3) is 5.60. The molecule has 1 saturated heterocycles. The van der Waals surface area contributed by atoms with E-state index in [0.717, 1.165) is 12.8 Å². The minimum Gasteiger partial charge on any atom is -0.350 e. The van der Waals surface area contributed by atoms with E-state index in [1.54, 1.807) is 6.07 Å². The topological polar surface area (TPSA) is 69.7 Å². The predicted octanol–water partition coefficient (Wildman–Crippen LogP) is 3.03. The maximum absolute atomic E-state index is 13.1. The Morgan fingerprint density at radius 2 is 1.77 bits per heavy atom. The monoisotopic (exact) mass is 449 g/mol. The van der Waals surface area contributed by atoms with Crippen molar-refractivity contribution in [3.63, 3.8) is 0 Å². The van der Waals surface area contributed by atoms with Crippen LogP contribution in [-0.2, 0) is 16.4 Å². The van der Waals surface area contributed by atoms with Gasteiger partial charge < -0.3 is 10.2 Å². The number of halogens is 1. The van der Waals surface area contributed by atoms with E-state index in [9.17, 15) is 13.2 Å². The Hall–Kier alpha value is -1.93. The van der Waals surface area contributed by atoms with Gasteiger partial charge in [-0.15, -0.1) is 0 Å². The first-order valence-electron chi connectivity index (χ1n) is 10.1. The summed E-state index contributed by atoms with van der Waals surface area (Å²) in [5.74, 6) is -0.304. The van der Waals surface area contributed by atoms with Crippen LogP contribution in [0.2, 0.25) is 5.02 Å². The highest BCUT2D eigenvalue weighted by Crippen LogP contribution is 2.26. The van der Waals surface area contributed by atoms with E-state index in [1.165, 1.54) is 22.0 Å².